The maximum atomic E-state index is 10.0. The summed E-state index contributed by atoms with van der Waals surface area (Å²) in [6, 6.07) is 8.66. The highest BCUT2D eigenvalue weighted by molar-refractivity contribution is 5.21. The highest BCUT2D eigenvalue weighted by Crippen LogP contribution is 2.13. The standard InChI is InChI=1S/C20H34O/c1-3-4-5-6-7-8-9-10-11-20(21)17-16-19-14-12-18(2)13-15-19/h12-15,20-21H,3-11,16-17H2,1-2H3. The van der Waals surface area contributed by atoms with E-state index in [1.165, 1.54) is 62.5 Å². The number of aryl methyl sites for hydroxylation is 2. The van der Waals surface area contributed by atoms with Gasteiger partial charge in [-0.3, -0.25) is 0 Å². The Morgan fingerprint density at radius 1 is 0.810 bits per heavy atom. The largest absolute Gasteiger partial charge is 0.393 e. The normalized spacial score (nSPS) is 12.5. The molecule has 1 rings (SSSR count). The maximum Gasteiger partial charge on any atom is 0.0543 e. The summed E-state index contributed by atoms with van der Waals surface area (Å²) in [7, 11) is 0. The van der Waals surface area contributed by atoms with Crippen LogP contribution in [0, 0.1) is 6.92 Å². The third-order valence-electron chi connectivity index (χ3n) is 4.28. The van der Waals surface area contributed by atoms with Crippen LogP contribution in [0.4, 0.5) is 0 Å². The Balaban J connectivity index is 1.96. The SMILES string of the molecule is CCCCCCCCCCC(O)CCc1ccc(C)cc1. The smallest absolute Gasteiger partial charge is 0.0543 e. The molecule has 1 heteroatoms. The van der Waals surface area contributed by atoms with E-state index in [0.29, 0.717) is 0 Å². The van der Waals surface area contributed by atoms with Gasteiger partial charge in [0.15, 0.2) is 0 Å². The molecule has 21 heavy (non-hydrogen) atoms. The first-order valence-electron chi connectivity index (χ1n) is 8.96. The zero-order valence-electron chi connectivity index (χ0n) is 14.1. The van der Waals surface area contributed by atoms with E-state index < -0.39 is 0 Å². The molecular weight excluding hydrogens is 256 g/mol. The molecule has 0 radical (unpaired) electrons. The Kier molecular flexibility index (Phi) is 10.2. The second-order valence-corrected chi connectivity index (χ2v) is 6.44. The van der Waals surface area contributed by atoms with Crippen molar-refractivity contribution in [3.63, 3.8) is 0 Å². The van der Waals surface area contributed by atoms with E-state index in [2.05, 4.69) is 38.1 Å². The van der Waals surface area contributed by atoms with E-state index in [1.54, 1.807) is 0 Å². The van der Waals surface area contributed by atoms with E-state index in [-0.39, 0.29) is 6.10 Å². The molecule has 0 saturated heterocycles. The summed E-state index contributed by atoms with van der Waals surface area (Å²) < 4.78 is 0. The van der Waals surface area contributed by atoms with Crippen molar-refractivity contribution in [1.29, 1.82) is 0 Å². The monoisotopic (exact) mass is 290 g/mol. The number of aliphatic hydroxyl groups is 1. The number of hydrogen-bond donors (Lipinski definition) is 1. The second kappa shape index (κ2) is 11.8. The molecule has 0 heterocycles. The third kappa shape index (κ3) is 9.68. The van der Waals surface area contributed by atoms with Crippen molar-refractivity contribution in [3.8, 4) is 0 Å². The van der Waals surface area contributed by atoms with Crippen LogP contribution in [0.2, 0.25) is 0 Å². The first-order chi connectivity index (χ1) is 10.2. The summed E-state index contributed by atoms with van der Waals surface area (Å²) in [5, 5.41) is 10.0. The lowest BCUT2D eigenvalue weighted by atomic mass is 10.0. The molecule has 0 fully saturated rings. The van der Waals surface area contributed by atoms with Crippen molar-refractivity contribution < 1.29 is 5.11 Å². The average Bonchev–Trinajstić information content (AvgIpc) is 2.49. The van der Waals surface area contributed by atoms with Gasteiger partial charge in [0, 0.05) is 0 Å². The van der Waals surface area contributed by atoms with Gasteiger partial charge in [0.05, 0.1) is 6.10 Å². The summed E-state index contributed by atoms with van der Waals surface area (Å²) in [6.45, 7) is 4.37. The van der Waals surface area contributed by atoms with Gasteiger partial charge >= 0.3 is 0 Å². The summed E-state index contributed by atoms with van der Waals surface area (Å²) in [6.07, 6.45) is 13.4. The topological polar surface area (TPSA) is 20.2 Å². The minimum Gasteiger partial charge on any atom is -0.393 e. The molecule has 0 aliphatic carbocycles. The summed E-state index contributed by atoms with van der Waals surface area (Å²) in [4.78, 5) is 0. The first kappa shape index (κ1) is 18.2. The Morgan fingerprint density at radius 2 is 1.38 bits per heavy atom. The van der Waals surface area contributed by atoms with Gasteiger partial charge in [-0.2, -0.15) is 0 Å². The van der Waals surface area contributed by atoms with Gasteiger partial charge in [-0.05, 0) is 31.7 Å². The molecule has 0 saturated carbocycles. The lowest BCUT2D eigenvalue weighted by Crippen LogP contribution is -2.07. The predicted octanol–water partition coefficient (Wildman–Crippen LogP) is 5.82. The molecule has 0 aromatic heterocycles. The van der Waals surface area contributed by atoms with E-state index in [9.17, 15) is 5.11 Å². The van der Waals surface area contributed by atoms with Crippen LogP contribution in [0.1, 0.15) is 82.3 Å². The van der Waals surface area contributed by atoms with Gasteiger partial charge in [-0.15, -0.1) is 0 Å². The fourth-order valence-corrected chi connectivity index (χ4v) is 2.75. The van der Waals surface area contributed by atoms with Crippen molar-refractivity contribution in [2.45, 2.75) is 90.6 Å². The van der Waals surface area contributed by atoms with Gasteiger partial charge in [-0.1, -0.05) is 88.1 Å². The fraction of sp³-hybridized carbons (Fsp3) is 0.700. The number of benzene rings is 1. The zero-order valence-corrected chi connectivity index (χ0v) is 14.1. The van der Waals surface area contributed by atoms with Crippen molar-refractivity contribution >= 4 is 0 Å². The molecule has 0 aliphatic heterocycles. The van der Waals surface area contributed by atoms with Gasteiger partial charge in [-0.25, -0.2) is 0 Å². The van der Waals surface area contributed by atoms with E-state index in [4.69, 9.17) is 0 Å². The quantitative estimate of drug-likeness (QED) is 0.481. The Morgan fingerprint density at radius 3 is 2.00 bits per heavy atom. The minimum absolute atomic E-state index is 0.119. The van der Waals surface area contributed by atoms with E-state index in [0.717, 1.165) is 19.3 Å². The van der Waals surface area contributed by atoms with Gasteiger partial charge < -0.3 is 5.11 Å². The van der Waals surface area contributed by atoms with Gasteiger partial charge in [0.25, 0.3) is 0 Å². The molecule has 120 valence electrons. The fourth-order valence-electron chi connectivity index (χ4n) is 2.75. The van der Waals surface area contributed by atoms with Crippen LogP contribution in [-0.2, 0) is 6.42 Å². The Labute approximate surface area is 131 Å². The molecular formula is C20H34O. The second-order valence-electron chi connectivity index (χ2n) is 6.44. The predicted molar refractivity (Wildman–Crippen MR) is 92.7 cm³/mol. The van der Waals surface area contributed by atoms with Crippen molar-refractivity contribution in [3.05, 3.63) is 35.4 Å². The maximum absolute atomic E-state index is 10.0. The minimum atomic E-state index is -0.119. The van der Waals surface area contributed by atoms with Crippen LogP contribution in [-0.4, -0.2) is 11.2 Å². The summed E-state index contributed by atoms with van der Waals surface area (Å²) in [5.41, 5.74) is 2.65. The molecule has 1 aromatic carbocycles. The van der Waals surface area contributed by atoms with Crippen molar-refractivity contribution in [1.82, 2.24) is 0 Å². The van der Waals surface area contributed by atoms with Crippen LogP contribution in [0.25, 0.3) is 0 Å². The molecule has 1 atom stereocenters. The Hall–Kier alpha value is -0.820. The van der Waals surface area contributed by atoms with Gasteiger partial charge in [0.2, 0.25) is 0 Å². The lowest BCUT2D eigenvalue weighted by Gasteiger charge is -2.10. The number of unbranched alkanes of at least 4 members (excludes halogenated alkanes) is 7. The van der Waals surface area contributed by atoms with Crippen LogP contribution in [0.5, 0.6) is 0 Å². The zero-order chi connectivity index (χ0) is 15.3. The van der Waals surface area contributed by atoms with Crippen molar-refractivity contribution in [2.75, 3.05) is 0 Å². The van der Waals surface area contributed by atoms with E-state index >= 15 is 0 Å². The van der Waals surface area contributed by atoms with Gasteiger partial charge in [0.1, 0.15) is 0 Å². The van der Waals surface area contributed by atoms with Crippen LogP contribution in [0.3, 0.4) is 0 Å². The molecule has 1 nitrogen and oxygen atoms in total. The van der Waals surface area contributed by atoms with E-state index in [1.807, 2.05) is 0 Å². The summed E-state index contributed by atoms with van der Waals surface area (Å²) >= 11 is 0. The number of aliphatic hydroxyl groups excluding tert-OH is 1. The highest BCUT2D eigenvalue weighted by Gasteiger charge is 2.04. The highest BCUT2D eigenvalue weighted by atomic mass is 16.3. The molecule has 0 aliphatic rings. The van der Waals surface area contributed by atoms with Crippen LogP contribution < -0.4 is 0 Å². The molecule has 0 amide bonds. The molecule has 0 spiro atoms. The molecule has 1 unspecified atom stereocenters. The number of rotatable bonds is 12. The van der Waals surface area contributed by atoms with Crippen molar-refractivity contribution in [2.24, 2.45) is 0 Å². The average molecular weight is 290 g/mol. The van der Waals surface area contributed by atoms with Crippen LogP contribution >= 0.6 is 0 Å². The molecule has 0 bridgehead atoms. The lowest BCUT2D eigenvalue weighted by molar-refractivity contribution is 0.151. The number of hydrogen-bond acceptors (Lipinski definition) is 1. The third-order valence-corrected chi connectivity index (χ3v) is 4.28. The van der Waals surface area contributed by atoms with Crippen LogP contribution in [0.15, 0.2) is 24.3 Å². The summed E-state index contributed by atoms with van der Waals surface area (Å²) in [5.74, 6) is 0. The molecule has 1 aromatic rings. The first-order valence-corrected chi connectivity index (χ1v) is 8.96. The molecule has 1 N–H and O–H groups in total. The Bertz CT molecular complexity index is 341.